The summed E-state index contributed by atoms with van der Waals surface area (Å²) >= 11 is 1.40. The number of fused-ring (bicyclic) bond motifs is 3. The summed E-state index contributed by atoms with van der Waals surface area (Å²) in [5.41, 5.74) is 19.4. The number of amidine groups is 1. The number of hydrogen-bond donors (Lipinski definition) is 4. The van der Waals surface area contributed by atoms with Gasteiger partial charge in [-0.15, -0.1) is 11.3 Å². The number of thiophene rings is 1. The quantitative estimate of drug-likeness (QED) is 0.0502. The van der Waals surface area contributed by atoms with Gasteiger partial charge >= 0.3 is 0 Å². The Morgan fingerprint density at radius 3 is 2.71 bits per heavy atom. The number of benzene rings is 3. The van der Waals surface area contributed by atoms with Gasteiger partial charge in [0.05, 0.1) is 40.3 Å². The predicted octanol–water partition coefficient (Wildman–Crippen LogP) is 7.76. The number of rotatable bonds is 10. The Hall–Kier alpha value is -5.88. The van der Waals surface area contributed by atoms with Gasteiger partial charge in [0.1, 0.15) is 11.6 Å². The van der Waals surface area contributed by atoms with Crippen molar-refractivity contribution in [3.63, 3.8) is 0 Å². The Bertz CT molecular complexity index is 2230. The molecule has 52 heavy (non-hydrogen) atoms. The summed E-state index contributed by atoms with van der Waals surface area (Å²) < 4.78 is 8.90. The average Bonchev–Trinajstić information content (AvgIpc) is 3.69. The lowest BCUT2D eigenvalue weighted by Crippen LogP contribution is -2.38. The second-order valence-corrected chi connectivity index (χ2v) is 14.3. The molecule has 0 saturated carbocycles. The zero-order valence-electron chi connectivity index (χ0n) is 29.3. The third-order valence-corrected chi connectivity index (χ3v) is 10.5. The van der Waals surface area contributed by atoms with Gasteiger partial charge < -0.3 is 36.3 Å². The monoisotopic (exact) mass is 714 g/mol. The van der Waals surface area contributed by atoms with Gasteiger partial charge in [0.25, 0.3) is 5.91 Å². The zero-order chi connectivity index (χ0) is 36.4. The zero-order valence-corrected chi connectivity index (χ0v) is 30.1. The van der Waals surface area contributed by atoms with Crippen LogP contribution < -0.4 is 26.8 Å². The highest BCUT2D eigenvalue weighted by Crippen LogP contribution is 2.38. The van der Waals surface area contributed by atoms with Crippen LogP contribution in [-0.4, -0.2) is 52.5 Å². The van der Waals surface area contributed by atoms with E-state index in [0.717, 1.165) is 51.3 Å². The van der Waals surface area contributed by atoms with Gasteiger partial charge in [0, 0.05) is 65.8 Å². The molecule has 5 aromatic rings. The molecule has 11 nitrogen and oxygen atoms in total. The van der Waals surface area contributed by atoms with E-state index in [1.165, 1.54) is 24.2 Å². The molecule has 4 heterocycles. The molecule has 2 aliphatic heterocycles. The molecule has 6 N–H and O–H groups in total. The summed E-state index contributed by atoms with van der Waals surface area (Å²) in [5.74, 6) is 0.753. The topological polar surface area (TPSA) is 152 Å². The number of carbonyl (C=O) groups is 2. The van der Waals surface area contributed by atoms with E-state index in [0.29, 0.717) is 64.6 Å². The molecule has 1 atom stereocenters. The van der Waals surface area contributed by atoms with E-state index in [1.54, 1.807) is 36.5 Å². The lowest BCUT2D eigenvalue weighted by molar-refractivity contribution is -0.116. The van der Waals surface area contributed by atoms with Crippen molar-refractivity contribution in [2.45, 2.75) is 45.1 Å². The van der Waals surface area contributed by atoms with Crippen LogP contribution >= 0.6 is 11.3 Å². The van der Waals surface area contributed by atoms with Crippen molar-refractivity contribution in [2.24, 2.45) is 22.8 Å². The Balaban J connectivity index is 0.930. The Morgan fingerprint density at radius 1 is 1.06 bits per heavy atom. The van der Waals surface area contributed by atoms with Gasteiger partial charge in [-0.1, -0.05) is 6.58 Å². The number of aromatic nitrogens is 1. The molecule has 2 aliphatic rings. The van der Waals surface area contributed by atoms with Gasteiger partial charge in [-0.3, -0.25) is 14.6 Å². The normalized spacial score (nSPS) is 15.6. The van der Waals surface area contributed by atoms with Gasteiger partial charge in [0.2, 0.25) is 5.91 Å². The molecule has 0 radical (unpaired) electrons. The van der Waals surface area contributed by atoms with Crippen LogP contribution in [0.15, 0.2) is 89.5 Å². The summed E-state index contributed by atoms with van der Waals surface area (Å²) in [4.78, 5) is 38.1. The first-order chi connectivity index (χ1) is 25.1. The molecule has 0 aliphatic carbocycles. The number of anilines is 3. The van der Waals surface area contributed by atoms with E-state index in [4.69, 9.17) is 21.2 Å². The first-order valence-electron chi connectivity index (χ1n) is 17.4. The largest absolute Gasteiger partial charge is 0.493 e. The van der Waals surface area contributed by atoms with Crippen molar-refractivity contribution in [1.82, 2.24) is 9.47 Å². The molecule has 2 amide bonds. The van der Waals surface area contributed by atoms with Gasteiger partial charge in [-0.2, -0.15) is 0 Å². The second-order valence-electron chi connectivity index (χ2n) is 13.2. The van der Waals surface area contributed by atoms with Crippen molar-refractivity contribution in [3.05, 3.63) is 101 Å². The number of aryl methyl sites for hydroxylation is 2. The van der Waals surface area contributed by atoms with Crippen LogP contribution in [0.3, 0.4) is 0 Å². The molecule has 266 valence electrons. The molecule has 7 rings (SSSR count). The number of nitrogens with two attached hydrogens (primary N) is 2. The highest BCUT2D eigenvalue weighted by molar-refractivity contribution is 7.20. The number of nitrogens with zero attached hydrogens (tertiary/aromatic N) is 4. The van der Waals surface area contributed by atoms with Gasteiger partial charge in [0.15, 0.2) is 0 Å². The molecule has 12 heteroatoms. The number of amides is 2. The minimum Gasteiger partial charge on any atom is -0.493 e. The van der Waals surface area contributed by atoms with E-state index >= 15 is 0 Å². The number of ether oxygens (including phenoxy) is 1. The fourth-order valence-electron chi connectivity index (χ4n) is 6.63. The maximum absolute atomic E-state index is 12.8. The smallest absolute Gasteiger partial charge is 0.265 e. The van der Waals surface area contributed by atoms with E-state index in [-0.39, 0.29) is 11.8 Å². The van der Waals surface area contributed by atoms with Crippen LogP contribution in [0.2, 0.25) is 0 Å². The molecule has 0 unspecified atom stereocenters. The lowest BCUT2D eigenvalue weighted by atomic mass is 10.00. The van der Waals surface area contributed by atoms with E-state index in [2.05, 4.69) is 33.2 Å². The standard InChI is InChI=1S/C40H42N8O3S/c1-24-17-32-25(2)48-15-5-4-7-31(48)22-43-33(32)21-35(24)51-16-6-8-38(49)44-30-20-34(47(3)23-30)39(42)45-29-13-14-36-26(18-29)19-37(52-36)40(50)46-28-11-9-27(41)10-12-28/h9-14,17-23,31H,2,4-8,15-16,41H2,1,3H3,(H2,42,45)(H,44,49)(H,46,50)/t31-/m0/s1. The number of carbonyl (C=O) groups excluding carboxylic acids is 2. The van der Waals surface area contributed by atoms with Crippen LogP contribution in [0.5, 0.6) is 5.75 Å². The van der Waals surface area contributed by atoms with Crippen molar-refractivity contribution in [3.8, 4) is 5.75 Å². The van der Waals surface area contributed by atoms with E-state index in [1.807, 2.05) is 55.1 Å². The third kappa shape index (κ3) is 7.57. The molecule has 3 aromatic carbocycles. The first-order valence-corrected chi connectivity index (χ1v) is 18.2. The third-order valence-electron chi connectivity index (χ3n) is 9.38. The summed E-state index contributed by atoms with van der Waals surface area (Å²) in [6.07, 6.45) is 8.17. The summed E-state index contributed by atoms with van der Waals surface area (Å²) in [6.45, 7) is 7.83. The predicted molar refractivity (Wildman–Crippen MR) is 212 cm³/mol. The summed E-state index contributed by atoms with van der Waals surface area (Å²) in [7, 11) is 1.85. The second kappa shape index (κ2) is 14.8. The van der Waals surface area contributed by atoms with Crippen LogP contribution in [0.4, 0.5) is 28.4 Å². The van der Waals surface area contributed by atoms with Crippen LogP contribution in [0.25, 0.3) is 15.8 Å². The molecular formula is C40H42N8O3S. The molecule has 1 saturated heterocycles. The highest BCUT2D eigenvalue weighted by Gasteiger charge is 2.27. The Kier molecular flexibility index (Phi) is 9.82. The maximum atomic E-state index is 12.8. The SMILES string of the molecule is C=C1c2cc(C)c(OCCCC(=O)Nc3cc(C(N)=Nc4ccc5sc(C(=O)Nc6ccc(N)cc6)cc5c4)n(C)c3)cc2N=C[C@@H]2CCCCN12. The fraction of sp³-hybridized carbons (Fsp3) is 0.250. The number of hydrogen-bond acceptors (Lipinski definition) is 8. The van der Waals surface area contributed by atoms with Crippen molar-refractivity contribution < 1.29 is 14.3 Å². The number of aliphatic imine (C=N–C) groups is 2. The summed E-state index contributed by atoms with van der Waals surface area (Å²) in [6, 6.07) is 20.7. The van der Waals surface area contributed by atoms with E-state index in [9.17, 15) is 9.59 Å². The van der Waals surface area contributed by atoms with Gasteiger partial charge in [-0.25, -0.2) is 4.99 Å². The minimum absolute atomic E-state index is 0.119. The van der Waals surface area contributed by atoms with Crippen LogP contribution in [0, 0.1) is 6.92 Å². The first kappa shape index (κ1) is 34.6. The van der Waals surface area contributed by atoms with Gasteiger partial charge in [-0.05, 0) is 104 Å². The van der Waals surface area contributed by atoms with Crippen LogP contribution in [0.1, 0.15) is 58.6 Å². The van der Waals surface area contributed by atoms with Crippen molar-refractivity contribution in [1.29, 1.82) is 0 Å². The molecule has 0 spiro atoms. The summed E-state index contributed by atoms with van der Waals surface area (Å²) in [5, 5.41) is 6.75. The van der Waals surface area contributed by atoms with Crippen molar-refractivity contribution >= 4 is 79.4 Å². The Labute approximate surface area is 306 Å². The number of nitrogen functional groups attached to an aromatic ring is 1. The highest BCUT2D eigenvalue weighted by atomic mass is 32.1. The lowest BCUT2D eigenvalue weighted by Gasteiger charge is -2.35. The number of nitrogens with one attached hydrogen (secondary N) is 2. The maximum Gasteiger partial charge on any atom is 0.265 e. The molecule has 2 aromatic heterocycles. The van der Waals surface area contributed by atoms with Crippen LogP contribution in [-0.2, 0) is 11.8 Å². The molecule has 0 bridgehead atoms. The number of piperidine rings is 1. The fourth-order valence-corrected chi connectivity index (χ4v) is 7.57. The average molecular weight is 715 g/mol. The molecular weight excluding hydrogens is 673 g/mol. The minimum atomic E-state index is -0.195. The van der Waals surface area contributed by atoms with Crippen molar-refractivity contribution in [2.75, 3.05) is 29.5 Å². The molecule has 1 fully saturated rings. The Morgan fingerprint density at radius 2 is 1.88 bits per heavy atom. The van der Waals surface area contributed by atoms with E-state index < -0.39 is 0 Å².